The molecule has 0 unspecified atom stereocenters. The first-order valence-corrected chi connectivity index (χ1v) is 7.99. The van der Waals surface area contributed by atoms with E-state index in [4.69, 9.17) is 4.42 Å². The highest BCUT2D eigenvalue weighted by molar-refractivity contribution is 14.0. The Morgan fingerprint density at radius 2 is 2.08 bits per heavy atom. The van der Waals surface area contributed by atoms with Gasteiger partial charge in [0.15, 0.2) is 5.96 Å². The van der Waals surface area contributed by atoms with Crippen molar-refractivity contribution in [1.29, 1.82) is 0 Å². The minimum atomic E-state index is 0. The smallest absolute Gasteiger partial charge is 0.250 e. The molecule has 0 fully saturated rings. The third-order valence-corrected chi connectivity index (χ3v) is 3.33. The number of aromatic nitrogens is 1. The molecule has 0 amide bonds. The zero-order valence-corrected chi connectivity index (χ0v) is 16.2. The highest BCUT2D eigenvalue weighted by Crippen LogP contribution is 2.01. The van der Waals surface area contributed by atoms with Gasteiger partial charge in [-0.15, -0.1) is 24.0 Å². The molecular weight excluding hydrogens is 419 g/mol. The first-order chi connectivity index (χ1) is 11.3. The molecule has 0 aromatic carbocycles. The van der Waals surface area contributed by atoms with Crippen molar-refractivity contribution in [3.05, 3.63) is 58.9 Å². The van der Waals surface area contributed by atoms with E-state index < -0.39 is 0 Å². The van der Waals surface area contributed by atoms with Gasteiger partial charge in [-0.3, -0.25) is 4.79 Å². The monoisotopic (exact) mass is 444 g/mol. The zero-order chi connectivity index (χ0) is 16.3. The lowest BCUT2D eigenvalue weighted by molar-refractivity contribution is 0.511. The van der Waals surface area contributed by atoms with Crippen LogP contribution in [0.2, 0.25) is 0 Å². The molecule has 2 heterocycles. The lowest BCUT2D eigenvalue weighted by Gasteiger charge is -2.11. The van der Waals surface area contributed by atoms with Gasteiger partial charge in [0.1, 0.15) is 12.3 Å². The van der Waals surface area contributed by atoms with Crippen LogP contribution in [-0.2, 0) is 13.1 Å². The van der Waals surface area contributed by atoms with Gasteiger partial charge >= 0.3 is 0 Å². The van der Waals surface area contributed by atoms with Crippen LogP contribution in [0.15, 0.2) is 57.0 Å². The zero-order valence-electron chi connectivity index (χ0n) is 13.9. The molecule has 2 aromatic rings. The second kappa shape index (κ2) is 11.7. The molecule has 6 nitrogen and oxygen atoms in total. The lowest BCUT2D eigenvalue weighted by atomic mass is 10.3. The van der Waals surface area contributed by atoms with Crippen molar-refractivity contribution in [2.24, 2.45) is 4.99 Å². The number of rotatable bonds is 8. The van der Waals surface area contributed by atoms with Crippen molar-refractivity contribution >= 4 is 29.9 Å². The first kappa shape index (κ1) is 20.3. The number of furan rings is 1. The predicted molar refractivity (Wildman–Crippen MR) is 107 cm³/mol. The standard InChI is InChI=1S/C17H24N4O2.HI/c1-2-18-17(20-14-15-8-7-13-23-15)19-10-4-6-12-21-11-5-3-9-16(21)22;/h3,5,7-9,11,13H,2,4,6,10,12,14H2,1H3,(H2,18,19,20);1H. The van der Waals surface area contributed by atoms with Crippen LogP contribution in [-0.4, -0.2) is 23.6 Å². The number of aliphatic imine (C=N–C) groups is 1. The molecule has 0 bridgehead atoms. The maximum Gasteiger partial charge on any atom is 0.250 e. The largest absolute Gasteiger partial charge is 0.467 e. The number of nitrogens with zero attached hydrogens (tertiary/aromatic N) is 2. The van der Waals surface area contributed by atoms with Crippen molar-refractivity contribution in [2.75, 3.05) is 13.1 Å². The molecule has 0 spiro atoms. The average molecular weight is 444 g/mol. The van der Waals surface area contributed by atoms with E-state index in [1.807, 2.05) is 31.3 Å². The third-order valence-electron chi connectivity index (χ3n) is 3.33. The first-order valence-electron chi connectivity index (χ1n) is 7.99. The van der Waals surface area contributed by atoms with Gasteiger partial charge < -0.3 is 19.6 Å². The average Bonchev–Trinajstić information content (AvgIpc) is 3.07. The van der Waals surface area contributed by atoms with Crippen LogP contribution in [0.4, 0.5) is 0 Å². The third kappa shape index (κ3) is 7.20. The maximum absolute atomic E-state index is 11.6. The fraction of sp³-hybridized carbons (Fsp3) is 0.412. The molecule has 7 heteroatoms. The van der Waals surface area contributed by atoms with Crippen LogP contribution < -0.4 is 16.2 Å². The van der Waals surface area contributed by atoms with Gasteiger partial charge in [-0.2, -0.15) is 0 Å². The second-order valence-electron chi connectivity index (χ2n) is 5.14. The van der Waals surface area contributed by atoms with Gasteiger partial charge in [-0.25, -0.2) is 4.99 Å². The summed E-state index contributed by atoms with van der Waals surface area (Å²) in [6.45, 7) is 4.91. The van der Waals surface area contributed by atoms with E-state index >= 15 is 0 Å². The van der Waals surface area contributed by atoms with E-state index in [9.17, 15) is 4.79 Å². The molecule has 24 heavy (non-hydrogen) atoms. The summed E-state index contributed by atoms with van der Waals surface area (Å²) in [6, 6.07) is 8.99. The minimum absolute atomic E-state index is 0. The fourth-order valence-corrected chi connectivity index (χ4v) is 2.16. The number of nitrogens with one attached hydrogen (secondary N) is 2. The predicted octanol–water partition coefficient (Wildman–Crippen LogP) is 2.59. The Morgan fingerprint density at radius 3 is 2.79 bits per heavy atom. The maximum atomic E-state index is 11.6. The molecular formula is C17H25IN4O2. The number of unbranched alkanes of at least 4 members (excludes halogenated alkanes) is 1. The van der Waals surface area contributed by atoms with Crippen LogP contribution >= 0.6 is 24.0 Å². The van der Waals surface area contributed by atoms with Crippen LogP contribution in [0.25, 0.3) is 0 Å². The van der Waals surface area contributed by atoms with Crippen LogP contribution in [0, 0.1) is 0 Å². The van der Waals surface area contributed by atoms with E-state index in [1.165, 1.54) is 0 Å². The molecule has 0 saturated heterocycles. The summed E-state index contributed by atoms with van der Waals surface area (Å²) in [5, 5.41) is 6.50. The van der Waals surface area contributed by atoms with Crippen molar-refractivity contribution in [3.8, 4) is 0 Å². The van der Waals surface area contributed by atoms with E-state index in [2.05, 4.69) is 15.6 Å². The normalized spacial score (nSPS) is 11.0. The molecule has 0 atom stereocenters. The van der Waals surface area contributed by atoms with Crippen LogP contribution in [0.3, 0.4) is 0 Å². The summed E-state index contributed by atoms with van der Waals surface area (Å²) in [7, 11) is 0. The Balaban J connectivity index is 0.00000288. The van der Waals surface area contributed by atoms with E-state index in [1.54, 1.807) is 23.0 Å². The highest BCUT2D eigenvalue weighted by Gasteiger charge is 1.99. The van der Waals surface area contributed by atoms with Crippen LogP contribution in [0.1, 0.15) is 25.5 Å². The number of guanidine groups is 1. The Labute approximate surface area is 159 Å². The van der Waals surface area contributed by atoms with Gasteiger partial charge in [0.05, 0.1) is 6.26 Å². The summed E-state index contributed by atoms with van der Waals surface area (Å²) < 4.78 is 7.00. The van der Waals surface area contributed by atoms with Crippen molar-refractivity contribution in [2.45, 2.75) is 32.9 Å². The van der Waals surface area contributed by atoms with Gasteiger partial charge in [0, 0.05) is 31.9 Å². The molecule has 0 aliphatic rings. The summed E-state index contributed by atoms with van der Waals surface area (Å²) in [5.41, 5.74) is 0.0498. The topological polar surface area (TPSA) is 71.6 Å². The summed E-state index contributed by atoms with van der Waals surface area (Å²) >= 11 is 0. The van der Waals surface area contributed by atoms with Crippen molar-refractivity contribution < 1.29 is 4.42 Å². The molecule has 2 N–H and O–H groups in total. The number of pyridine rings is 1. The van der Waals surface area contributed by atoms with E-state index in [0.717, 1.165) is 44.2 Å². The van der Waals surface area contributed by atoms with Gasteiger partial charge in [0.2, 0.25) is 5.56 Å². The van der Waals surface area contributed by atoms with Gasteiger partial charge in [-0.1, -0.05) is 6.07 Å². The van der Waals surface area contributed by atoms with Crippen molar-refractivity contribution in [1.82, 2.24) is 15.2 Å². The summed E-state index contributed by atoms with van der Waals surface area (Å²) in [6.07, 6.45) is 5.38. The molecule has 0 aliphatic carbocycles. The molecule has 2 rings (SSSR count). The molecule has 2 aromatic heterocycles. The lowest BCUT2D eigenvalue weighted by Crippen LogP contribution is -2.37. The Hall–Kier alpha value is -1.77. The van der Waals surface area contributed by atoms with E-state index in [-0.39, 0.29) is 29.5 Å². The number of halogens is 1. The van der Waals surface area contributed by atoms with Gasteiger partial charge in [0.25, 0.3) is 0 Å². The second-order valence-corrected chi connectivity index (χ2v) is 5.14. The number of hydrogen-bond acceptors (Lipinski definition) is 3. The van der Waals surface area contributed by atoms with E-state index in [0.29, 0.717) is 6.54 Å². The fourth-order valence-electron chi connectivity index (χ4n) is 2.16. The molecule has 0 radical (unpaired) electrons. The minimum Gasteiger partial charge on any atom is -0.467 e. The Kier molecular flexibility index (Phi) is 9.90. The van der Waals surface area contributed by atoms with Crippen molar-refractivity contribution in [3.63, 3.8) is 0 Å². The van der Waals surface area contributed by atoms with Crippen LogP contribution in [0.5, 0.6) is 0 Å². The molecule has 0 saturated carbocycles. The Morgan fingerprint density at radius 1 is 1.21 bits per heavy atom. The van der Waals surface area contributed by atoms with Gasteiger partial charge in [-0.05, 0) is 38.0 Å². The SMILES string of the molecule is CCNC(=NCc1ccco1)NCCCCn1ccccc1=O.I. The molecule has 132 valence electrons. The highest BCUT2D eigenvalue weighted by atomic mass is 127. The number of aryl methyl sites for hydroxylation is 1. The molecule has 0 aliphatic heterocycles. The summed E-state index contributed by atoms with van der Waals surface area (Å²) in [4.78, 5) is 16.1. The quantitative estimate of drug-likeness (QED) is 0.284. The summed E-state index contributed by atoms with van der Waals surface area (Å²) in [5.74, 6) is 1.62. The Bertz CT molecular complexity index is 653. The number of hydrogen-bond donors (Lipinski definition) is 2.